The Kier molecular flexibility index (Phi) is 5.98. The van der Waals surface area contributed by atoms with Gasteiger partial charge in [0.1, 0.15) is 6.17 Å². The number of carbonyl (C=O) groups excluding carboxylic acids is 1. The van der Waals surface area contributed by atoms with Crippen molar-refractivity contribution in [2.75, 3.05) is 5.32 Å². The average molecular weight is 473 g/mol. The Morgan fingerprint density at radius 2 is 1.58 bits per heavy atom. The number of halogens is 4. The molecular formula is C19H14BrCl3N2O. The molecule has 26 heavy (non-hydrogen) atoms. The maximum absolute atomic E-state index is 12.5. The van der Waals surface area contributed by atoms with Crippen LogP contribution in [0.15, 0.2) is 71.2 Å². The molecule has 2 N–H and O–H groups in total. The summed E-state index contributed by atoms with van der Waals surface area (Å²) >= 11 is 21.6. The molecule has 3 aromatic carbocycles. The first-order valence-electron chi connectivity index (χ1n) is 7.72. The fourth-order valence-corrected chi connectivity index (χ4v) is 3.11. The Balaban J connectivity index is 1.87. The molecule has 0 heterocycles. The molecule has 3 rings (SSSR count). The van der Waals surface area contributed by atoms with E-state index in [0.29, 0.717) is 5.56 Å². The minimum absolute atomic E-state index is 0.346. The predicted molar refractivity (Wildman–Crippen MR) is 113 cm³/mol. The van der Waals surface area contributed by atoms with Gasteiger partial charge in [-0.05, 0) is 35.7 Å². The molecule has 0 aromatic heterocycles. The van der Waals surface area contributed by atoms with Crippen LogP contribution < -0.4 is 10.6 Å². The van der Waals surface area contributed by atoms with Gasteiger partial charge in [-0.25, -0.2) is 0 Å². The number of carbonyl (C=O) groups is 1. The smallest absolute Gasteiger partial charge is 0.252 e. The summed E-state index contributed by atoms with van der Waals surface area (Å²) in [6.45, 7) is 0. The van der Waals surface area contributed by atoms with Crippen LogP contribution in [0.2, 0.25) is 0 Å². The van der Waals surface area contributed by atoms with E-state index in [-0.39, 0.29) is 5.91 Å². The molecule has 0 aliphatic carbocycles. The number of benzene rings is 3. The SMILES string of the molecule is O=C(N[C@H](Nc1cccc2ccccc12)C(Cl)(Cl)Cl)c1ccc(Br)cc1. The Labute approximate surface area is 174 Å². The van der Waals surface area contributed by atoms with Crippen molar-refractivity contribution in [3.63, 3.8) is 0 Å². The molecule has 0 saturated heterocycles. The van der Waals surface area contributed by atoms with Crippen LogP contribution in [0, 0.1) is 0 Å². The van der Waals surface area contributed by atoms with Gasteiger partial charge >= 0.3 is 0 Å². The monoisotopic (exact) mass is 470 g/mol. The number of fused-ring (bicyclic) bond motifs is 1. The molecular weight excluding hydrogens is 458 g/mol. The van der Waals surface area contributed by atoms with E-state index in [1.807, 2.05) is 42.5 Å². The van der Waals surface area contributed by atoms with Crippen molar-refractivity contribution in [1.82, 2.24) is 5.32 Å². The summed E-state index contributed by atoms with van der Waals surface area (Å²) in [5.74, 6) is -0.346. The molecule has 3 nitrogen and oxygen atoms in total. The van der Waals surface area contributed by atoms with Crippen LogP contribution in [-0.2, 0) is 0 Å². The minimum atomic E-state index is -1.75. The second-order valence-corrected chi connectivity index (χ2v) is 8.91. The van der Waals surface area contributed by atoms with Crippen molar-refractivity contribution in [3.05, 3.63) is 76.8 Å². The van der Waals surface area contributed by atoms with Crippen LogP contribution in [0.3, 0.4) is 0 Å². The summed E-state index contributed by atoms with van der Waals surface area (Å²) in [4.78, 5) is 12.5. The van der Waals surface area contributed by atoms with E-state index in [9.17, 15) is 4.79 Å². The van der Waals surface area contributed by atoms with Gasteiger partial charge in [0.2, 0.25) is 3.79 Å². The Hall–Kier alpha value is -1.46. The number of amides is 1. The van der Waals surface area contributed by atoms with Crippen LogP contribution >= 0.6 is 50.7 Å². The molecule has 0 fully saturated rings. The zero-order valence-corrected chi connectivity index (χ0v) is 17.2. The summed E-state index contributed by atoms with van der Waals surface area (Å²) in [5, 5.41) is 7.89. The first-order chi connectivity index (χ1) is 12.3. The van der Waals surface area contributed by atoms with Gasteiger partial charge in [-0.3, -0.25) is 4.79 Å². The lowest BCUT2D eigenvalue weighted by Gasteiger charge is -2.28. The van der Waals surface area contributed by atoms with Crippen LogP contribution in [0.4, 0.5) is 5.69 Å². The van der Waals surface area contributed by atoms with Crippen molar-refractivity contribution in [2.24, 2.45) is 0 Å². The molecule has 0 unspecified atom stereocenters. The van der Waals surface area contributed by atoms with Gasteiger partial charge in [0, 0.05) is 21.1 Å². The maximum atomic E-state index is 12.5. The summed E-state index contributed by atoms with van der Waals surface area (Å²) in [6, 6.07) is 20.5. The quantitative estimate of drug-likeness (QED) is 0.354. The number of anilines is 1. The number of rotatable bonds is 4. The molecule has 134 valence electrons. The lowest BCUT2D eigenvalue weighted by atomic mass is 10.1. The Bertz CT molecular complexity index is 921. The highest BCUT2D eigenvalue weighted by Gasteiger charge is 2.34. The van der Waals surface area contributed by atoms with Gasteiger partial charge in [-0.2, -0.15) is 0 Å². The molecule has 0 spiro atoms. The third kappa shape index (κ3) is 4.63. The highest BCUT2D eigenvalue weighted by atomic mass is 79.9. The van der Waals surface area contributed by atoms with E-state index >= 15 is 0 Å². The van der Waals surface area contributed by atoms with Crippen molar-refractivity contribution >= 4 is 73.1 Å². The van der Waals surface area contributed by atoms with Crippen molar-refractivity contribution in [2.45, 2.75) is 9.96 Å². The first-order valence-corrected chi connectivity index (χ1v) is 9.65. The van der Waals surface area contributed by atoms with Gasteiger partial charge in [-0.15, -0.1) is 0 Å². The summed E-state index contributed by atoms with van der Waals surface area (Å²) in [6.07, 6.45) is -0.922. The van der Waals surface area contributed by atoms with Gasteiger partial charge in [0.15, 0.2) is 0 Å². The highest BCUT2D eigenvalue weighted by molar-refractivity contribution is 9.10. The summed E-state index contributed by atoms with van der Waals surface area (Å²) < 4.78 is -0.872. The molecule has 0 radical (unpaired) electrons. The number of hydrogen-bond acceptors (Lipinski definition) is 2. The largest absolute Gasteiger partial charge is 0.361 e. The molecule has 0 aliphatic heterocycles. The van der Waals surface area contributed by atoms with Crippen LogP contribution in [0.5, 0.6) is 0 Å². The van der Waals surface area contributed by atoms with E-state index in [4.69, 9.17) is 34.8 Å². The van der Waals surface area contributed by atoms with Crippen LogP contribution in [-0.4, -0.2) is 15.9 Å². The number of nitrogens with one attached hydrogen (secondary N) is 2. The normalized spacial score (nSPS) is 12.6. The number of hydrogen-bond donors (Lipinski definition) is 2. The van der Waals surface area contributed by atoms with E-state index < -0.39 is 9.96 Å². The van der Waals surface area contributed by atoms with Crippen LogP contribution in [0.25, 0.3) is 10.8 Å². The van der Waals surface area contributed by atoms with Crippen LogP contribution in [0.1, 0.15) is 10.4 Å². The van der Waals surface area contributed by atoms with Gasteiger partial charge in [0.25, 0.3) is 5.91 Å². The molecule has 0 saturated carbocycles. The zero-order chi connectivity index (χ0) is 18.7. The van der Waals surface area contributed by atoms with E-state index in [1.54, 1.807) is 24.3 Å². The van der Waals surface area contributed by atoms with Crippen molar-refractivity contribution in [1.29, 1.82) is 0 Å². The molecule has 0 aliphatic rings. The van der Waals surface area contributed by atoms with Gasteiger partial charge in [0.05, 0.1) is 0 Å². The first kappa shape index (κ1) is 19.3. The standard InChI is InChI=1S/C19H14BrCl3N2O/c20-14-10-8-13(9-11-14)17(26)25-18(19(21,22)23)24-16-7-3-5-12-4-1-2-6-15(12)16/h1-11,18,24H,(H,25,26)/t18-/m0/s1. The maximum Gasteiger partial charge on any atom is 0.252 e. The fraction of sp³-hybridized carbons (Fsp3) is 0.105. The summed E-state index contributed by atoms with van der Waals surface area (Å²) in [5.41, 5.74) is 1.22. The van der Waals surface area contributed by atoms with Gasteiger partial charge in [-0.1, -0.05) is 87.1 Å². The fourth-order valence-electron chi connectivity index (χ4n) is 2.52. The minimum Gasteiger partial charge on any atom is -0.361 e. The molecule has 1 amide bonds. The van der Waals surface area contributed by atoms with Crippen molar-refractivity contribution < 1.29 is 4.79 Å². The van der Waals surface area contributed by atoms with Crippen molar-refractivity contribution in [3.8, 4) is 0 Å². The van der Waals surface area contributed by atoms with E-state index in [0.717, 1.165) is 20.9 Å². The molecule has 3 aromatic rings. The lowest BCUT2D eigenvalue weighted by Crippen LogP contribution is -2.49. The third-order valence-corrected chi connectivity index (χ3v) is 4.98. The van der Waals surface area contributed by atoms with E-state index in [2.05, 4.69) is 26.6 Å². The second-order valence-electron chi connectivity index (χ2n) is 5.63. The third-order valence-electron chi connectivity index (χ3n) is 3.80. The number of alkyl halides is 3. The Morgan fingerprint density at radius 1 is 0.923 bits per heavy atom. The zero-order valence-electron chi connectivity index (χ0n) is 13.3. The predicted octanol–water partition coefficient (Wildman–Crippen LogP) is 6.14. The average Bonchev–Trinajstić information content (AvgIpc) is 2.61. The van der Waals surface area contributed by atoms with E-state index in [1.165, 1.54) is 0 Å². The summed E-state index contributed by atoms with van der Waals surface area (Å²) in [7, 11) is 0. The van der Waals surface area contributed by atoms with Gasteiger partial charge < -0.3 is 10.6 Å². The molecule has 1 atom stereocenters. The Morgan fingerprint density at radius 3 is 2.27 bits per heavy atom. The second kappa shape index (κ2) is 8.05. The molecule has 0 bridgehead atoms. The topological polar surface area (TPSA) is 41.1 Å². The highest BCUT2D eigenvalue weighted by Crippen LogP contribution is 2.33. The molecule has 7 heteroatoms. The lowest BCUT2D eigenvalue weighted by molar-refractivity contribution is 0.0942.